The predicted octanol–water partition coefficient (Wildman–Crippen LogP) is 3.89. The molecule has 0 aromatic carbocycles. The molecule has 110 valence electrons. The van der Waals surface area contributed by atoms with Gasteiger partial charge in [0, 0.05) is 24.6 Å². The maximum atomic E-state index is 5.95. The second-order valence-corrected chi connectivity index (χ2v) is 7.26. The van der Waals surface area contributed by atoms with Gasteiger partial charge in [0.15, 0.2) is 0 Å². The fourth-order valence-electron chi connectivity index (χ4n) is 4.84. The summed E-state index contributed by atoms with van der Waals surface area (Å²) >= 11 is 0. The molecule has 3 rings (SSSR count). The van der Waals surface area contributed by atoms with Gasteiger partial charge in [-0.1, -0.05) is 26.2 Å². The van der Waals surface area contributed by atoms with Gasteiger partial charge >= 0.3 is 0 Å². The normalized spacial score (nSPS) is 35.1. The third-order valence-electron chi connectivity index (χ3n) is 6.57. The molecule has 3 aliphatic rings. The van der Waals surface area contributed by atoms with Crippen LogP contribution in [0.1, 0.15) is 71.6 Å². The zero-order valence-electron chi connectivity index (χ0n) is 12.8. The Bertz CT molecular complexity index is 304. The molecular formula is C17H31NO. The summed E-state index contributed by atoms with van der Waals surface area (Å²) in [6.07, 6.45) is 13.2. The number of nitrogens with one attached hydrogen (secondary N) is 1. The molecule has 3 aliphatic carbocycles. The lowest BCUT2D eigenvalue weighted by molar-refractivity contribution is -0.174. The van der Waals surface area contributed by atoms with E-state index >= 15 is 0 Å². The van der Waals surface area contributed by atoms with Gasteiger partial charge < -0.3 is 10.1 Å². The van der Waals surface area contributed by atoms with E-state index in [1.54, 1.807) is 0 Å². The van der Waals surface area contributed by atoms with Crippen molar-refractivity contribution in [3.8, 4) is 0 Å². The van der Waals surface area contributed by atoms with Crippen molar-refractivity contribution in [2.75, 3.05) is 13.2 Å². The van der Waals surface area contributed by atoms with Gasteiger partial charge in [0.05, 0.1) is 6.10 Å². The second kappa shape index (κ2) is 5.37. The van der Waals surface area contributed by atoms with E-state index in [1.165, 1.54) is 64.3 Å². The predicted molar refractivity (Wildman–Crippen MR) is 79.3 cm³/mol. The molecule has 0 aromatic rings. The minimum Gasteiger partial charge on any atom is -0.378 e. The minimum atomic E-state index is 0.531. The van der Waals surface area contributed by atoms with Crippen LogP contribution in [-0.2, 0) is 4.74 Å². The average molecular weight is 265 g/mol. The van der Waals surface area contributed by atoms with Crippen molar-refractivity contribution in [2.45, 2.75) is 83.8 Å². The Hall–Kier alpha value is -0.0800. The summed E-state index contributed by atoms with van der Waals surface area (Å²) in [5.74, 6) is 0. The second-order valence-electron chi connectivity index (χ2n) is 7.26. The van der Waals surface area contributed by atoms with E-state index in [0.29, 0.717) is 16.9 Å². The molecule has 1 spiro atoms. The van der Waals surface area contributed by atoms with Gasteiger partial charge in [0.1, 0.15) is 0 Å². The third kappa shape index (κ3) is 2.25. The molecule has 0 saturated heterocycles. The van der Waals surface area contributed by atoms with Crippen molar-refractivity contribution in [3.63, 3.8) is 0 Å². The van der Waals surface area contributed by atoms with E-state index in [2.05, 4.69) is 19.2 Å². The number of hydrogen-bond acceptors (Lipinski definition) is 2. The van der Waals surface area contributed by atoms with Gasteiger partial charge in [-0.3, -0.25) is 0 Å². The highest BCUT2D eigenvalue weighted by molar-refractivity contribution is 5.12. The zero-order valence-corrected chi connectivity index (χ0v) is 12.8. The van der Waals surface area contributed by atoms with Crippen molar-refractivity contribution in [2.24, 2.45) is 10.8 Å². The molecule has 2 nitrogen and oxygen atoms in total. The zero-order chi connectivity index (χ0) is 13.3. The summed E-state index contributed by atoms with van der Waals surface area (Å²) in [5.41, 5.74) is 1.16. The lowest BCUT2D eigenvalue weighted by Gasteiger charge is -2.61. The first-order chi connectivity index (χ1) is 9.25. The summed E-state index contributed by atoms with van der Waals surface area (Å²) in [7, 11) is 0. The van der Waals surface area contributed by atoms with Gasteiger partial charge in [0.2, 0.25) is 0 Å². The van der Waals surface area contributed by atoms with Gasteiger partial charge in [0.25, 0.3) is 0 Å². The van der Waals surface area contributed by atoms with Crippen LogP contribution in [0.25, 0.3) is 0 Å². The SMILES string of the molecule is CCOC1CC(NCC2(CC)CCCC2)C12CCC2. The van der Waals surface area contributed by atoms with E-state index < -0.39 is 0 Å². The van der Waals surface area contributed by atoms with Gasteiger partial charge in [-0.25, -0.2) is 0 Å². The van der Waals surface area contributed by atoms with Crippen LogP contribution in [-0.4, -0.2) is 25.3 Å². The van der Waals surface area contributed by atoms with Crippen molar-refractivity contribution >= 4 is 0 Å². The molecule has 0 bridgehead atoms. The summed E-state index contributed by atoms with van der Waals surface area (Å²) in [6.45, 7) is 6.67. The van der Waals surface area contributed by atoms with E-state index in [-0.39, 0.29) is 0 Å². The van der Waals surface area contributed by atoms with Crippen LogP contribution in [0.2, 0.25) is 0 Å². The third-order valence-corrected chi connectivity index (χ3v) is 6.57. The molecule has 3 saturated carbocycles. The Kier molecular flexibility index (Phi) is 3.92. The quantitative estimate of drug-likeness (QED) is 0.786. The number of hydrogen-bond donors (Lipinski definition) is 1. The minimum absolute atomic E-state index is 0.531. The Morgan fingerprint density at radius 3 is 2.32 bits per heavy atom. The molecule has 2 heteroatoms. The maximum absolute atomic E-state index is 5.95. The Labute approximate surface area is 118 Å². The van der Waals surface area contributed by atoms with E-state index in [1.807, 2.05) is 0 Å². The monoisotopic (exact) mass is 265 g/mol. The van der Waals surface area contributed by atoms with Crippen LogP contribution in [0.5, 0.6) is 0 Å². The maximum Gasteiger partial charge on any atom is 0.0661 e. The lowest BCUT2D eigenvalue weighted by Crippen LogP contribution is -2.67. The van der Waals surface area contributed by atoms with Gasteiger partial charge in [-0.2, -0.15) is 0 Å². The van der Waals surface area contributed by atoms with Crippen LogP contribution >= 0.6 is 0 Å². The standard InChI is InChI=1S/C17H31NO/c1-3-16(8-5-6-9-16)13-18-14-12-15(19-4-2)17(14)10-7-11-17/h14-15,18H,3-13H2,1-2H3. The first kappa shape index (κ1) is 13.9. The smallest absolute Gasteiger partial charge is 0.0661 e. The van der Waals surface area contributed by atoms with Crippen molar-refractivity contribution in [3.05, 3.63) is 0 Å². The molecule has 0 amide bonds. The molecule has 19 heavy (non-hydrogen) atoms. The van der Waals surface area contributed by atoms with Crippen molar-refractivity contribution in [1.82, 2.24) is 5.32 Å². The molecule has 0 aromatic heterocycles. The average Bonchev–Trinajstić information content (AvgIpc) is 2.80. The molecule has 2 atom stereocenters. The summed E-state index contributed by atoms with van der Waals surface area (Å²) < 4.78 is 5.95. The summed E-state index contributed by atoms with van der Waals surface area (Å²) in [6, 6.07) is 0.752. The summed E-state index contributed by atoms with van der Waals surface area (Å²) in [5, 5.41) is 3.95. The Morgan fingerprint density at radius 2 is 1.79 bits per heavy atom. The molecule has 2 unspecified atom stereocenters. The highest BCUT2D eigenvalue weighted by Gasteiger charge is 2.58. The van der Waals surface area contributed by atoms with Crippen LogP contribution < -0.4 is 5.32 Å². The molecular weight excluding hydrogens is 234 g/mol. The summed E-state index contributed by atoms with van der Waals surface area (Å²) in [4.78, 5) is 0. The van der Waals surface area contributed by atoms with Gasteiger partial charge in [-0.15, -0.1) is 0 Å². The first-order valence-corrected chi connectivity index (χ1v) is 8.60. The molecule has 0 radical (unpaired) electrons. The molecule has 3 fully saturated rings. The highest BCUT2D eigenvalue weighted by Crippen LogP contribution is 2.57. The topological polar surface area (TPSA) is 21.3 Å². The fourth-order valence-corrected chi connectivity index (χ4v) is 4.84. The molecule has 0 heterocycles. The number of ether oxygens (including phenoxy) is 1. The first-order valence-electron chi connectivity index (χ1n) is 8.60. The lowest BCUT2D eigenvalue weighted by atomic mass is 9.51. The molecule has 0 aliphatic heterocycles. The van der Waals surface area contributed by atoms with Crippen LogP contribution in [0.4, 0.5) is 0 Å². The van der Waals surface area contributed by atoms with Crippen molar-refractivity contribution in [1.29, 1.82) is 0 Å². The largest absolute Gasteiger partial charge is 0.378 e. The molecule has 1 N–H and O–H groups in total. The van der Waals surface area contributed by atoms with E-state index in [4.69, 9.17) is 4.74 Å². The van der Waals surface area contributed by atoms with Crippen molar-refractivity contribution < 1.29 is 4.74 Å². The van der Waals surface area contributed by atoms with E-state index in [9.17, 15) is 0 Å². The number of rotatable bonds is 6. The van der Waals surface area contributed by atoms with E-state index in [0.717, 1.165) is 12.6 Å². The van der Waals surface area contributed by atoms with Gasteiger partial charge in [-0.05, 0) is 50.9 Å². The van der Waals surface area contributed by atoms with Crippen LogP contribution in [0.15, 0.2) is 0 Å². The van der Waals surface area contributed by atoms with Crippen LogP contribution in [0.3, 0.4) is 0 Å². The Balaban J connectivity index is 1.53. The Morgan fingerprint density at radius 1 is 1.05 bits per heavy atom. The fraction of sp³-hybridized carbons (Fsp3) is 1.00. The highest BCUT2D eigenvalue weighted by atomic mass is 16.5. The van der Waals surface area contributed by atoms with Crippen LogP contribution in [0, 0.1) is 10.8 Å².